The van der Waals surface area contributed by atoms with E-state index in [-0.39, 0.29) is 12.1 Å². The van der Waals surface area contributed by atoms with Gasteiger partial charge in [0, 0.05) is 16.4 Å². The quantitative estimate of drug-likeness (QED) is 0.784. The summed E-state index contributed by atoms with van der Waals surface area (Å²) in [7, 11) is 0. The first-order valence-electron chi connectivity index (χ1n) is 5.89. The Bertz CT molecular complexity index is 664. The van der Waals surface area contributed by atoms with Gasteiger partial charge in [0.05, 0.1) is 17.8 Å². The first-order chi connectivity index (χ1) is 10.1. The Morgan fingerprint density at radius 2 is 2.10 bits per heavy atom. The van der Waals surface area contributed by atoms with Crippen LogP contribution in [0, 0.1) is 0 Å². The van der Waals surface area contributed by atoms with Crippen LogP contribution in [0.25, 0.3) is 0 Å². The molecule has 108 valence electrons. The molecule has 0 aliphatic heterocycles. The fourth-order valence-electron chi connectivity index (χ4n) is 1.54. The molecular formula is C13H11BrN4O3. The van der Waals surface area contributed by atoms with Gasteiger partial charge in [-0.05, 0) is 40.2 Å². The number of halogens is 1. The van der Waals surface area contributed by atoms with Gasteiger partial charge >= 0.3 is 12.0 Å². The highest BCUT2D eigenvalue weighted by atomic mass is 79.9. The smallest absolute Gasteiger partial charge is 0.336 e. The van der Waals surface area contributed by atoms with Gasteiger partial charge < -0.3 is 15.7 Å². The fourth-order valence-corrected chi connectivity index (χ4v) is 1.95. The molecule has 7 nitrogen and oxygen atoms in total. The molecule has 0 bridgehead atoms. The zero-order valence-electron chi connectivity index (χ0n) is 10.7. The molecule has 0 fully saturated rings. The minimum Gasteiger partial charge on any atom is -0.478 e. The van der Waals surface area contributed by atoms with Crippen LogP contribution in [0.15, 0.2) is 41.3 Å². The Morgan fingerprint density at radius 3 is 2.76 bits per heavy atom. The van der Waals surface area contributed by atoms with Crippen LogP contribution in [-0.2, 0) is 6.54 Å². The number of carboxylic acid groups (broad SMARTS) is 1. The summed E-state index contributed by atoms with van der Waals surface area (Å²) in [5.41, 5.74) is 1.13. The molecule has 0 saturated heterocycles. The highest BCUT2D eigenvalue weighted by Gasteiger charge is 2.10. The van der Waals surface area contributed by atoms with Crippen molar-refractivity contribution in [2.24, 2.45) is 0 Å². The summed E-state index contributed by atoms with van der Waals surface area (Å²) in [6, 6.07) is 5.76. The summed E-state index contributed by atoms with van der Waals surface area (Å²) >= 11 is 3.14. The summed E-state index contributed by atoms with van der Waals surface area (Å²) < 4.78 is 0.446. The molecule has 0 spiro atoms. The van der Waals surface area contributed by atoms with Crippen LogP contribution in [-0.4, -0.2) is 27.1 Å². The molecule has 8 heteroatoms. The third-order valence-electron chi connectivity index (χ3n) is 2.53. The molecule has 0 aliphatic rings. The zero-order valence-corrected chi connectivity index (χ0v) is 12.3. The number of hydrogen-bond donors (Lipinski definition) is 3. The van der Waals surface area contributed by atoms with Gasteiger partial charge in [0.15, 0.2) is 0 Å². The van der Waals surface area contributed by atoms with Crippen molar-refractivity contribution in [2.45, 2.75) is 6.54 Å². The van der Waals surface area contributed by atoms with Crippen molar-refractivity contribution >= 4 is 33.6 Å². The van der Waals surface area contributed by atoms with E-state index in [1.807, 2.05) is 0 Å². The summed E-state index contributed by atoms with van der Waals surface area (Å²) in [6.07, 6.45) is 2.97. The van der Waals surface area contributed by atoms with Gasteiger partial charge in [-0.1, -0.05) is 0 Å². The lowest BCUT2D eigenvalue weighted by molar-refractivity contribution is 0.0696. The lowest BCUT2D eigenvalue weighted by atomic mass is 10.2. The molecule has 0 aliphatic carbocycles. The Labute approximate surface area is 128 Å². The van der Waals surface area contributed by atoms with E-state index >= 15 is 0 Å². The van der Waals surface area contributed by atoms with Crippen LogP contribution in [0.5, 0.6) is 0 Å². The van der Waals surface area contributed by atoms with Crippen LogP contribution in [0.4, 0.5) is 10.5 Å². The Balaban J connectivity index is 1.97. The number of rotatable bonds is 4. The first kappa shape index (κ1) is 14.9. The van der Waals surface area contributed by atoms with Crippen LogP contribution in [0.1, 0.15) is 16.1 Å². The molecule has 0 atom stereocenters. The minimum atomic E-state index is -1.08. The van der Waals surface area contributed by atoms with E-state index in [2.05, 4.69) is 36.5 Å². The Hall–Kier alpha value is -2.48. The van der Waals surface area contributed by atoms with Crippen molar-refractivity contribution in [2.75, 3.05) is 5.32 Å². The number of carboxylic acids is 1. The third kappa shape index (κ3) is 4.25. The van der Waals surface area contributed by atoms with Gasteiger partial charge in [0.1, 0.15) is 6.33 Å². The highest BCUT2D eigenvalue weighted by molar-refractivity contribution is 9.10. The molecule has 1 aromatic carbocycles. The predicted octanol–water partition coefficient (Wildman–Crippen LogP) is 2.26. The van der Waals surface area contributed by atoms with Crippen LogP contribution in [0.3, 0.4) is 0 Å². The standard InChI is InChI=1S/C13H11BrN4O3/c14-11-2-1-8(5-10(11)12(19)20)18-13(21)16-6-9-3-4-15-7-17-9/h1-5,7H,6H2,(H,19,20)(H2,16,18,21). The number of amides is 2. The fraction of sp³-hybridized carbons (Fsp3) is 0.0769. The summed E-state index contributed by atoms with van der Waals surface area (Å²) in [5.74, 6) is -1.08. The second-order valence-corrected chi connectivity index (χ2v) is 4.86. The minimum absolute atomic E-state index is 0.0728. The lowest BCUT2D eigenvalue weighted by Crippen LogP contribution is -2.28. The molecule has 0 saturated carbocycles. The largest absolute Gasteiger partial charge is 0.478 e. The molecular weight excluding hydrogens is 340 g/mol. The maximum atomic E-state index is 11.7. The summed E-state index contributed by atoms with van der Waals surface area (Å²) in [6.45, 7) is 0.247. The number of aromatic nitrogens is 2. The van der Waals surface area contributed by atoms with E-state index in [0.29, 0.717) is 15.9 Å². The Morgan fingerprint density at radius 1 is 1.29 bits per heavy atom. The van der Waals surface area contributed by atoms with E-state index in [4.69, 9.17) is 5.11 Å². The molecule has 0 radical (unpaired) electrons. The normalized spacial score (nSPS) is 9.95. The van der Waals surface area contributed by atoms with E-state index in [9.17, 15) is 9.59 Å². The number of carbonyl (C=O) groups is 2. The van der Waals surface area contributed by atoms with E-state index in [1.165, 1.54) is 12.4 Å². The number of urea groups is 1. The monoisotopic (exact) mass is 350 g/mol. The third-order valence-corrected chi connectivity index (χ3v) is 3.22. The Kier molecular flexibility index (Phi) is 4.83. The van der Waals surface area contributed by atoms with Gasteiger partial charge in [0.2, 0.25) is 0 Å². The number of nitrogens with zero attached hydrogens (tertiary/aromatic N) is 2. The average molecular weight is 351 g/mol. The molecule has 1 aromatic heterocycles. The van der Waals surface area contributed by atoms with Crippen LogP contribution in [0.2, 0.25) is 0 Å². The second-order valence-electron chi connectivity index (χ2n) is 4.01. The van der Waals surface area contributed by atoms with Crippen molar-refractivity contribution in [3.05, 3.63) is 52.5 Å². The summed E-state index contributed by atoms with van der Waals surface area (Å²) in [4.78, 5) is 30.5. The molecule has 2 rings (SSSR count). The molecule has 2 aromatic rings. The number of carbonyl (C=O) groups excluding carboxylic acids is 1. The zero-order chi connectivity index (χ0) is 15.2. The average Bonchev–Trinajstić information content (AvgIpc) is 2.48. The van der Waals surface area contributed by atoms with Gasteiger partial charge in [0.25, 0.3) is 0 Å². The number of benzene rings is 1. The van der Waals surface area contributed by atoms with Gasteiger partial charge in [-0.25, -0.2) is 19.6 Å². The first-order valence-corrected chi connectivity index (χ1v) is 6.68. The predicted molar refractivity (Wildman–Crippen MR) is 79.0 cm³/mol. The van der Waals surface area contributed by atoms with E-state index < -0.39 is 12.0 Å². The van der Waals surface area contributed by atoms with E-state index in [1.54, 1.807) is 24.4 Å². The van der Waals surface area contributed by atoms with Gasteiger partial charge in [-0.15, -0.1) is 0 Å². The maximum absolute atomic E-state index is 11.7. The topological polar surface area (TPSA) is 104 Å². The highest BCUT2D eigenvalue weighted by Crippen LogP contribution is 2.21. The maximum Gasteiger partial charge on any atom is 0.336 e. The van der Waals surface area contributed by atoms with Gasteiger partial charge in [-0.2, -0.15) is 0 Å². The molecule has 0 unspecified atom stereocenters. The number of hydrogen-bond acceptors (Lipinski definition) is 4. The summed E-state index contributed by atoms with van der Waals surface area (Å²) in [5, 5.41) is 14.2. The molecule has 21 heavy (non-hydrogen) atoms. The number of nitrogens with one attached hydrogen (secondary N) is 2. The SMILES string of the molecule is O=C(NCc1ccncn1)Nc1ccc(Br)c(C(=O)O)c1. The molecule has 2 amide bonds. The van der Waals surface area contributed by atoms with Crippen molar-refractivity contribution < 1.29 is 14.7 Å². The number of aromatic carboxylic acids is 1. The number of anilines is 1. The molecule has 1 heterocycles. The van der Waals surface area contributed by atoms with Gasteiger partial charge in [-0.3, -0.25) is 0 Å². The van der Waals surface area contributed by atoms with E-state index in [0.717, 1.165) is 0 Å². The van der Waals surface area contributed by atoms with Crippen LogP contribution < -0.4 is 10.6 Å². The lowest BCUT2D eigenvalue weighted by Gasteiger charge is -2.08. The molecule has 3 N–H and O–H groups in total. The van der Waals surface area contributed by atoms with Crippen molar-refractivity contribution in [3.8, 4) is 0 Å². The van der Waals surface area contributed by atoms with Crippen molar-refractivity contribution in [1.82, 2.24) is 15.3 Å². The van der Waals surface area contributed by atoms with Crippen molar-refractivity contribution in [1.29, 1.82) is 0 Å². The second kappa shape index (κ2) is 6.80. The van der Waals surface area contributed by atoms with Crippen molar-refractivity contribution in [3.63, 3.8) is 0 Å². The van der Waals surface area contributed by atoms with Crippen LogP contribution >= 0.6 is 15.9 Å².